The fraction of sp³-hybridized carbons (Fsp3) is 0.500. The molecular weight excluding hydrogens is 232 g/mol. The molecule has 0 aliphatic rings. The van der Waals surface area contributed by atoms with Crippen LogP contribution in [0.25, 0.3) is 0 Å². The van der Waals surface area contributed by atoms with Gasteiger partial charge in [-0.15, -0.1) is 12.4 Å². The van der Waals surface area contributed by atoms with Crippen molar-refractivity contribution < 1.29 is 8.78 Å². The maximum absolute atomic E-state index is 13.5. The third-order valence-corrected chi connectivity index (χ3v) is 2.57. The Morgan fingerprint density at radius 2 is 1.88 bits per heavy atom. The number of hydrogen-bond acceptors (Lipinski definition) is 1. The maximum atomic E-state index is 13.5. The summed E-state index contributed by atoms with van der Waals surface area (Å²) in [7, 11) is 0. The van der Waals surface area contributed by atoms with Gasteiger partial charge in [0.15, 0.2) is 11.6 Å². The molecule has 0 aliphatic carbocycles. The number of hydrogen-bond donors (Lipinski definition) is 1. The van der Waals surface area contributed by atoms with Crippen LogP contribution in [0.4, 0.5) is 8.78 Å². The minimum Gasteiger partial charge on any atom is -0.324 e. The van der Waals surface area contributed by atoms with Crippen LogP contribution >= 0.6 is 12.4 Å². The minimum atomic E-state index is -0.793. The number of nitrogens with two attached hydrogens (primary N) is 1. The van der Waals surface area contributed by atoms with Crippen LogP contribution in [0.3, 0.4) is 0 Å². The topological polar surface area (TPSA) is 26.0 Å². The van der Waals surface area contributed by atoms with Crippen molar-refractivity contribution in [1.29, 1.82) is 0 Å². The van der Waals surface area contributed by atoms with E-state index in [2.05, 4.69) is 0 Å². The highest BCUT2D eigenvalue weighted by atomic mass is 35.5. The van der Waals surface area contributed by atoms with Crippen LogP contribution in [0.15, 0.2) is 12.1 Å². The average Bonchev–Trinajstić information content (AvgIpc) is 2.23. The number of rotatable bonds is 4. The zero-order valence-corrected chi connectivity index (χ0v) is 10.4. The summed E-state index contributed by atoms with van der Waals surface area (Å²) in [5, 5.41) is 0. The molecule has 0 saturated heterocycles. The summed E-state index contributed by atoms with van der Waals surface area (Å²) in [6.45, 7) is 3.58. The van der Waals surface area contributed by atoms with Crippen molar-refractivity contribution in [3.8, 4) is 0 Å². The van der Waals surface area contributed by atoms with Crippen LogP contribution in [0.5, 0.6) is 0 Å². The molecular formula is C12H18ClF2N. The average molecular weight is 250 g/mol. The van der Waals surface area contributed by atoms with Crippen molar-refractivity contribution in [2.75, 3.05) is 0 Å². The first-order valence-corrected chi connectivity index (χ1v) is 5.28. The normalized spacial score (nSPS) is 12.1. The molecule has 0 aliphatic heterocycles. The lowest BCUT2D eigenvalue weighted by atomic mass is 10.00. The van der Waals surface area contributed by atoms with Gasteiger partial charge in [-0.2, -0.15) is 0 Å². The molecule has 1 aromatic rings. The van der Waals surface area contributed by atoms with Gasteiger partial charge in [-0.1, -0.05) is 31.9 Å². The molecule has 0 aromatic heterocycles. The molecule has 1 nitrogen and oxygen atoms in total. The Morgan fingerprint density at radius 3 is 2.44 bits per heavy atom. The van der Waals surface area contributed by atoms with E-state index in [1.807, 2.05) is 6.92 Å². The zero-order valence-electron chi connectivity index (χ0n) is 9.59. The predicted molar refractivity (Wildman–Crippen MR) is 64.8 cm³/mol. The third-order valence-electron chi connectivity index (χ3n) is 2.57. The Labute approximate surface area is 101 Å². The second-order valence-electron chi connectivity index (χ2n) is 3.85. The molecule has 0 saturated carbocycles. The summed E-state index contributed by atoms with van der Waals surface area (Å²) >= 11 is 0. The summed E-state index contributed by atoms with van der Waals surface area (Å²) in [5.41, 5.74) is 6.40. The van der Waals surface area contributed by atoms with Crippen molar-refractivity contribution in [2.24, 2.45) is 5.73 Å². The number of aryl methyl sites for hydroxylation is 1. The lowest BCUT2D eigenvalue weighted by Gasteiger charge is -2.13. The molecule has 1 atom stereocenters. The number of unbranched alkanes of at least 4 members (excludes halogenated alkanes) is 1. The van der Waals surface area contributed by atoms with E-state index in [0.29, 0.717) is 12.0 Å². The lowest BCUT2D eigenvalue weighted by molar-refractivity contribution is 0.475. The summed E-state index contributed by atoms with van der Waals surface area (Å²) in [6.07, 6.45) is 2.62. The van der Waals surface area contributed by atoms with Crippen molar-refractivity contribution in [1.82, 2.24) is 0 Å². The van der Waals surface area contributed by atoms with Gasteiger partial charge >= 0.3 is 0 Å². The highest BCUT2D eigenvalue weighted by Crippen LogP contribution is 2.23. The quantitative estimate of drug-likeness (QED) is 0.861. The summed E-state index contributed by atoms with van der Waals surface area (Å²) in [6, 6.07) is 2.74. The fourth-order valence-corrected chi connectivity index (χ4v) is 1.53. The molecule has 0 radical (unpaired) electrons. The smallest absolute Gasteiger partial charge is 0.163 e. The highest BCUT2D eigenvalue weighted by Gasteiger charge is 2.15. The summed E-state index contributed by atoms with van der Waals surface area (Å²) in [4.78, 5) is 0. The molecule has 1 rings (SSSR count). The Morgan fingerprint density at radius 1 is 1.25 bits per heavy atom. The van der Waals surface area contributed by atoms with Crippen molar-refractivity contribution in [3.05, 3.63) is 34.9 Å². The SMILES string of the molecule is CCCC[C@H](N)c1ccc(C)c(F)c1F.Cl. The van der Waals surface area contributed by atoms with Gasteiger partial charge in [0.05, 0.1) is 0 Å². The lowest BCUT2D eigenvalue weighted by Crippen LogP contribution is -2.13. The first-order valence-electron chi connectivity index (χ1n) is 5.28. The predicted octanol–water partition coefficient (Wildman–Crippen LogP) is 3.89. The van der Waals surface area contributed by atoms with Crippen LogP contribution in [-0.2, 0) is 0 Å². The molecule has 92 valence electrons. The monoisotopic (exact) mass is 249 g/mol. The van der Waals surface area contributed by atoms with Crippen LogP contribution < -0.4 is 5.73 Å². The molecule has 1 aromatic carbocycles. The molecule has 2 N–H and O–H groups in total. The van der Waals surface area contributed by atoms with E-state index >= 15 is 0 Å². The van der Waals surface area contributed by atoms with E-state index in [1.165, 1.54) is 0 Å². The second kappa shape index (κ2) is 6.81. The minimum absolute atomic E-state index is 0. The fourth-order valence-electron chi connectivity index (χ4n) is 1.53. The van der Waals surface area contributed by atoms with Crippen molar-refractivity contribution >= 4 is 12.4 Å². The van der Waals surface area contributed by atoms with Crippen LogP contribution in [-0.4, -0.2) is 0 Å². The summed E-state index contributed by atoms with van der Waals surface area (Å²) in [5.74, 6) is -1.57. The van der Waals surface area contributed by atoms with Crippen molar-refractivity contribution in [3.63, 3.8) is 0 Å². The van der Waals surface area contributed by atoms with Gasteiger partial charge in [0.25, 0.3) is 0 Å². The van der Waals surface area contributed by atoms with E-state index in [1.54, 1.807) is 19.1 Å². The number of benzene rings is 1. The van der Waals surface area contributed by atoms with E-state index in [-0.39, 0.29) is 18.0 Å². The van der Waals surface area contributed by atoms with Crippen LogP contribution in [0, 0.1) is 18.6 Å². The molecule has 16 heavy (non-hydrogen) atoms. The van der Waals surface area contributed by atoms with Gasteiger partial charge in [0.1, 0.15) is 0 Å². The van der Waals surface area contributed by atoms with Crippen LogP contribution in [0.1, 0.15) is 43.4 Å². The molecule has 4 heteroatoms. The zero-order chi connectivity index (χ0) is 11.4. The standard InChI is InChI=1S/C12H17F2N.ClH/c1-3-4-5-10(15)9-7-6-8(2)11(13)12(9)14;/h6-7,10H,3-5,15H2,1-2H3;1H/t10-;/m0./s1. The number of halogens is 3. The van der Waals surface area contributed by atoms with E-state index in [4.69, 9.17) is 5.73 Å². The Balaban J connectivity index is 0.00000225. The van der Waals surface area contributed by atoms with E-state index in [0.717, 1.165) is 12.8 Å². The first-order chi connectivity index (χ1) is 7.07. The largest absolute Gasteiger partial charge is 0.324 e. The van der Waals surface area contributed by atoms with E-state index < -0.39 is 17.7 Å². The Hall–Kier alpha value is -0.670. The molecule has 0 unspecified atom stereocenters. The molecule has 0 bridgehead atoms. The Bertz CT molecular complexity index is 342. The van der Waals surface area contributed by atoms with Gasteiger partial charge in [-0.25, -0.2) is 8.78 Å². The van der Waals surface area contributed by atoms with Gasteiger partial charge in [0, 0.05) is 11.6 Å². The van der Waals surface area contributed by atoms with Crippen LogP contribution in [0.2, 0.25) is 0 Å². The second-order valence-corrected chi connectivity index (χ2v) is 3.85. The van der Waals surface area contributed by atoms with Gasteiger partial charge in [0.2, 0.25) is 0 Å². The molecule has 0 spiro atoms. The van der Waals surface area contributed by atoms with E-state index in [9.17, 15) is 8.78 Å². The van der Waals surface area contributed by atoms with Crippen molar-refractivity contribution in [2.45, 2.75) is 39.2 Å². The highest BCUT2D eigenvalue weighted by molar-refractivity contribution is 5.85. The molecule has 0 heterocycles. The third kappa shape index (κ3) is 3.42. The maximum Gasteiger partial charge on any atom is 0.163 e. The van der Waals surface area contributed by atoms with Gasteiger partial charge < -0.3 is 5.73 Å². The summed E-state index contributed by atoms with van der Waals surface area (Å²) < 4.78 is 26.7. The first kappa shape index (κ1) is 15.3. The Kier molecular flexibility index (Phi) is 6.53. The molecule has 0 fully saturated rings. The van der Waals surface area contributed by atoms with Gasteiger partial charge in [-0.05, 0) is 18.9 Å². The molecule has 0 amide bonds. The van der Waals surface area contributed by atoms with Gasteiger partial charge in [-0.3, -0.25) is 0 Å².